The van der Waals surface area contributed by atoms with Gasteiger partial charge in [-0.15, -0.1) is 0 Å². The first kappa shape index (κ1) is 12.0. The molecule has 6 nitrogen and oxygen atoms in total. The van der Waals surface area contributed by atoms with Gasteiger partial charge in [0, 0.05) is 30.1 Å². The minimum Gasteiger partial charge on any atom is -0.304 e. The van der Waals surface area contributed by atoms with Crippen LogP contribution in [0.25, 0.3) is 16.9 Å². The third kappa shape index (κ3) is 2.26. The summed E-state index contributed by atoms with van der Waals surface area (Å²) in [7, 11) is 0. The second-order valence-corrected chi connectivity index (χ2v) is 4.18. The average Bonchev–Trinajstić information content (AvgIpc) is 2.98. The predicted molar refractivity (Wildman–Crippen MR) is 73.4 cm³/mol. The predicted octanol–water partition coefficient (Wildman–Crippen LogP) is 2.84. The van der Waals surface area contributed by atoms with Gasteiger partial charge in [0.1, 0.15) is 0 Å². The van der Waals surface area contributed by atoms with Gasteiger partial charge in [-0.3, -0.25) is 15.1 Å². The summed E-state index contributed by atoms with van der Waals surface area (Å²) in [5, 5.41) is 10.8. The third-order valence-corrected chi connectivity index (χ3v) is 2.88. The number of non-ortho nitro benzene ring substituents is 1. The molecule has 98 valence electrons. The zero-order chi connectivity index (χ0) is 13.9. The minimum absolute atomic E-state index is 0.0541. The van der Waals surface area contributed by atoms with Gasteiger partial charge in [-0.1, -0.05) is 12.1 Å². The van der Waals surface area contributed by atoms with Gasteiger partial charge in [0.15, 0.2) is 0 Å². The molecule has 0 saturated carbocycles. The van der Waals surface area contributed by atoms with Crippen molar-refractivity contribution in [1.82, 2.24) is 14.5 Å². The van der Waals surface area contributed by atoms with E-state index in [1.807, 2.05) is 22.9 Å². The first-order valence-electron chi connectivity index (χ1n) is 5.93. The van der Waals surface area contributed by atoms with Crippen LogP contribution in [0.15, 0.2) is 61.3 Å². The quantitative estimate of drug-likeness (QED) is 0.539. The molecule has 0 N–H and O–H groups in total. The van der Waals surface area contributed by atoms with Crippen molar-refractivity contribution in [3.8, 4) is 16.9 Å². The van der Waals surface area contributed by atoms with Gasteiger partial charge in [-0.05, 0) is 12.1 Å². The van der Waals surface area contributed by atoms with E-state index in [0.717, 1.165) is 5.69 Å². The van der Waals surface area contributed by atoms with E-state index in [1.54, 1.807) is 30.9 Å². The van der Waals surface area contributed by atoms with E-state index in [1.165, 1.54) is 12.1 Å². The highest BCUT2D eigenvalue weighted by Crippen LogP contribution is 2.23. The van der Waals surface area contributed by atoms with E-state index in [2.05, 4.69) is 9.97 Å². The van der Waals surface area contributed by atoms with Crippen LogP contribution in [-0.4, -0.2) is 19.5 Å². The van der Waals surface area contributed by atoms with Crippen LogP contribution in [0.2, 0.25) is 0 Å². The molecular weight excluding hydrogens is 256 g/mol. The van der Waals surface area contributed by atoms with Crippen molar-refractivity contribution in [3.63, 3.8) is 0 Å². The van der Waals surface area contributed by atoms with Crippen LogP contribution in [0.1, 0.15) is 0 Å². The van der Waals surface area contributed by atoms with Gasteiger partial charge in [0.25, 0.3) is 5.69 Å². The maximum atomic E-state index is 10.8. The third-order valence-electron chi connectivity index (χ3n) is 2.88. The zero-order valence-corrected chi connectivity index (χ0v) is 10.4. The first-order valence-corrected chi connectivity index (χ1v) is 5.93. The van der Waals surface area contributed by atoms with Gasteiger partial charge < -0.3 is 4.57 Å². The van der Waals surface area contributed by atoms with E-state index < -0.39 is 4.92 Å². The molecule has 0 unspecified atom stereocenters. The summed E-state index contributed by atoms with van der Waals surface area (Å²) in [5.74, 6) is 0. The molecule has 1 aromatic carbocycles. The van der Waals surface area contributed by atoms with Crippen LogP contribution >= 0.6 is 0 Å². The van der Waals surface area contributed by atoms with Crippen molar-refractivity contribution in [2.45, 2.75) is 0 Å². The SMILES string of the molecule is O=[N+]([O-])c1cccc(-c2cn(-c3cccnc3)cn2)c1. The Morgan fingerprint density at radius 2 is 2.10 bits per heavy atom. The van der Waals surface area contributed by atoms with Crippen molar-refractivity contribution in [2.24, 2.45) is 0 Å². The van der Waals surface area contributed by atoms with Crippen LogP contribution in [-0.2, 0) is 0 Å². The van der Waals surface area contributed by atoms with Crippen molar-refractivity contribution in [2.75, 3.05) is 0 Å². The summed E-state index contributed by atoms with van der Waals surface area (Å²) < 4.78 is 1.82. The van der Waals surface area contributed by atoms with Crippen LogP contribution in [0, 0.1) is 10.1 Å². The molecule has 3 aromatic rings. The number of nitrogens with zero attached hydrogens (tertiary/aromatic N) is 4. The Morgan fingerprint density at radius 1 is 1.20 bits per heavy atom. The molecule has 0 aliphatic rings. The lowest BCUT2D eigenvalue weighted by Crippen LogP contribution is -1.90. The molecule has 3 rings (SSSR count). The number of aromatic nitrogens is 3. The maximum Gasteiger partial charge on any atom is 0.270 e. The first-order chi connectivity index (χ1) is 9.74. The van der Waals surface area contributed by atoms with Gasteiger partial charge in [0.05, 0.1) is 28.8 Å². The Hall–Kier alpha value is -3.02. The Kier molecular flexibility index (Phi) is 2.96. The lowest BCUT2D eigenvalue weighted by Gasteiger charge is -1.99. The fraction of sp³-hybridized carbons (Fsp3) is 0. The summed E-state index contributed by atoms with van der Waals surface area (Å²) >= 11 is 0. The van der Waals surface area contributed by atoms with E-state index in [0.29, 0.717) is 11.3 Å². The van der Waals surface area contributed by atoms with Crippen LogP contribution in [0.3, 0.4) is 0 Å². The van der Waals surface area contributed by atoms with Gasteiger partial charge in [0.2, 0.25) is 0 Å². The fourth-order valence-corrected chi connectivity index (χ4v) is 1.90. The molecule has 0 radical (unpaired) electrons. The molecular formula is C14H10N4O2. The lowest BCUT2D eigenvalue weighted by atomic mass is 10.1. The molecule has 6 heteroatoms. The van der Waals surface area contributed by atoms with Crippen molar-refractivity contribution in [1.29, 1.82) is 0 Å². The number of benzene rings is 1. The second kappa shape index (κ2) is 4.93. The summed E-state index contributed by atoms with van der Waals surface area (Å²) in [5.41, 5.74) is 2.33. The normalized spacial score (nSPS) is 10.4. The molecule has 0 spiro atoms. The molecule has 2 aromatic heterocycles. The molecule has 0 atom stereocenters. The molecule has 0 aliphatic carbocycles. The lowest BCUT2D eigenvalue weighted by molar-refractivity contribution is -0.384. The number of nitro groups is 1. The number of imidazole rings is 1. The van der Waals surface area contributed by atoms with Gasteiger partial charge in [-0.25, -0.2) is 4.98 Å². The van der Waals surface area contributed by atoms with Crippen molar-refractivity contribution >= 4 is 5.69 Å². The summed E-state index contributed by atoms with van der Waals surface area (Å²) in [6.07, 6.45) is 6.89. The Bertz CT molecular complexity index is 753. The monoisotopic (exact) mass is 266 g/mol. The second-order valence-electron chi connectivity index (χ2n) is 4.18. The van der Waals surface area contributed by atoms with E-state index in [-0.39, 0.29) is 5.69 Å². The average molecular weight is 266 g/mol. The summed E-state index contributed by atoms with van der Waals surface area (Å²) in [6.45, 7) is 0. The summed E-state index contributed by atoms with van der Waals surface area (Å²) in [4.78, 5) is 18.7. The highest BCUT2D eigenvalue weighted by molar-refractivity contribution is 5.62. The standard InChI is InChI=1S/C14H10N4O2/c19-18(20)12-4-1-3-11(7-12)14-9-17(10-16-14)13-5-2-6-15-8-13/h1-10H. The Morgan fingerprint density at radius 3 is 2.85 bits per heavy atom. The molecule has 0 aliphatic heterocycles. The maximum absolute atomic E-state index is 10.8. The van der Waals surface area contributed by atoms with Crippen molar-refractivity contribution < 1.29 is 4.92 Å². The van der Waals surface area contributed by atoms with Gasteiger partial charge in [-0.2, -0.15) is 0 Å². The highest BCUT2D eigenvalue weighted by atomic mass is 16.6. The molecule has 0 bridgehead atoms. The molecule has 0 saturated heterocycles. The number of hydrogen-bond acceptors (Lipinski definition) is 4. The van der Waals surface area contributed by atoms with E-state index in [4.69, 9.17) is 0 Å². The number of hydrogen-bond donors (Lipinski definition) is 0. The summed E-state index contributed by atoms with van der Waals surface area (Å²) in [6, 6.07) is 10.2. The van der Waals surface area contributed by atoms with Crippen molar-refractivity contribution in [3.05, 3.63) is 71.4 Å². The smallest absolute Gasteiger partial charge is 0.270 e. The van der Waals surface area contributed by atoms with E-state index in [9.17, 15) is 10.1 Å². The molecule has 20 heavy (non-hydrogen) atoms. The van der Waals surface area contributed by atoms with Crippen LogP contribution in [0.4, 0.5) is 5.69 Å². The largest absolute Gasteiger partial charge is 0.304 e. The van der Waals surface area contributed by atoms with Crippen LogP contribution < -0.4 is 0 Å². The topological polar surface area (TPSA) is 73.8 Å². The number of pyridine rings is 1. The van der Waals surface area contributed by atoms with Gasteiger partial charge >= 0.3 is 0 Å². The number of rotatable bonds is 3. The Balaban J connectivity index is 1.98. The molecule has 0 amide bonds. The zero-order valence-electron chi connectivity index (χ0n) is 10.4. The van der Waals surface area contributed by atoms with Crippen LogP contribution in [0.5, 0.6) is 0 Å². The fourth-order valence-electron chi connectivity index (χ4n) is 1.90. The molecule has 2 heterocycles. The van der Waals surface area contributed by atoms with E-state index >= 15 is 0 Å². The Labute approximate surface area is 114 Å². The highest BCUT2D eigenvalue weighted by Gasteiger charge is 2.09. The minimum atomic E-state index is -0.415. The molecule has 0 fully saturated rings. The number of nitro benzene ring substituents is 1.